The lowest BCUT2D eigenvalue weighted by Crippen LogP contribution is -2.43. The number of thiocarbonyl (C=S) groups is 1. The van der Waals surface area contributed by atoms with Gasteiger partial charge in [0.2, 0.25) is 0 Å². The van der Waals surface area contributed by atoms with Gasteiger partial charge in [-0.15, -0.1) is 0 Å². The largest absolute Gasteiger partial charge is 0.370 e. The first kappa shape index (κ1) is 24.9. The van der Waals surface area contributed by atoms with E-state index in [1.807, 2.05) is 12.1 Å². The zero-order valence-corrected chi connectivity index (χ0v) is 20.1. The normalized spacial score (nSPS) is 16.8. The van der Waals surface area contributed by atoms with Gasteiger partial charge in [-0.25, -0.2) is 4.39 Å². The molecule has 0 aromatic heterocycles. The van der Waals surface area contributed by atoms with Gasteiger partial charge in [-0.3, -0.25) is 4.99 Å². The lowest BCUT2D eigenvalue weighted by atomic mass is 10.1. The number of guanidine groups is 1. The van der Waals surface area contributed by atoms with Crippen LogP contribution in [0.4, 0.5) is 4.39 Å². The summed E-state index contributed by atoms with van der Waals surface area (Å²) < 4.78 is 13.6. The Labute approximate surface area is 201 Å². The summed E-state index contributed by atoms with van der Waals surface area (Å²) in [7, 11) is 0. The molecule has 5 N–H and O–H groups in total. The summed E-state index contributed by atoms with van der Waals surface area (Å²) >= 11 is 5.90. The van der Waals surface area contributed by atoms with E-state index in [1.165, 1.54) is 11.6 Å². The van der Waals surface area contributed by atoms with E-state index >= 15 is 0 Å². The van der Waals surface area contributed by atoms with Crippen molar-refractivity contribution >= 4 is 23.3 Å². The Kier molecular flexibility index (Phi) is 9.45. The maximum atomic E-state index is 13.6. The van der Waals surface area contributed by atoms with Gasteiger partial charge < -0.3 is 26.6 Å². The van der Waals surface area contributed by atoms with Crippen molar-refractivity contribution in [2.75, 3.05) is 26.2 Å². The molecule has 0 saturated carbocycles. The van der Waals surface area contributed by atoms with Crippen LogP contribution in [-0.2, 0) is 13.0 Å². The maximum Gasteiger partial charge on any atom is 0.185 e. The van der Waals surface area contributed by atoms with Gasteiger partial charge in [-0.05, 0) is 61.7 Å². The highest BCUT2D eigenvalue weighted by molar-refractivity contribution is 7.80. The lowest BCUT2D eigenvalue weighted by molar-refractivity contribution is 0.303. The fraction of sp³-hybridized carbons (Fsp3) is 0.440. The number of rotatable bonds is 12. The molecule has 1 aliphatic rings. The third-order valence-corrected chi connectivity index (χ3v) is 6.47. The van der Waals surface area contributed by atoms with E-state index in [0.717, 1.165) is 56.1 Å². The second kappa shape index (κ2) is 12.5. The van der Waals surface area contributed by atoms with Crippen molar-refractivity contribution in [3.63, 3.8) is 0 Å². The molecule has 1 fully saturated rings. The molecule has 1 heterocycles. The molecule has 8 heteroatoms. The first-order chi connectivity index (χ1) is 15.9. The highest BCUT2D eigenvalue weighted by Crippen LogP contribution is 2.23. The van der Waals surface area contributed by atoms with Crippen LogP contribution in [0.3, 0.4) is 0 Å². The molecule has 0 bridgehead atoms. The van der Waals surface area contributed by atoms with Crippen molar-refractivity contribution < 1.29 is 4.39 Å². The number of halogens is 1. The third kappa shape index (κ3) is 7.68. The summed E-state index contributed by atoms with van der Waals surface area (Å²) in [4.78, 5) is 8.72. The van der Waals surface area contributed by atoms with Crippen LogP contribution in [0.2, 0.25) is 0 Å². The highest BCUT2D eigenvalue weighted by Gasteiger charge is 2.35. The average molecular weight is 471 g/mol. The molecular weight excluding hydrogens is 435 g/mol. The topological polar surface area (TPSA) is 82.9 Å². The predicted molar refractivity (Wildman–Crippen MR) is 137 cm³/mol. The number of benzene rings is 2. The molecule has 178 valence electrons. The van der Waals surface area contributed by atoms with Crippen molar-refractivity contribution in [2.24, 2.45) is 16.5 Å². The van der Waals surface area contributed by atoms with E-state index < -0.39 is 0 Å². The minimum absolute atomic E-state index is 0.125. The predicted octanol–water partition coefficient (Wildman–Crippen LogP) is 2.87. The number of nitrogens with one attached hydrogen (secondary N) is 1. The molecule has 0 spiro atoms. The van der Waals surface area contributed by atoms with Gasteiger partial charge >= 0.3 is 0 Å². The average Bonchev–Trinajstić information content (AvgIpc) is 3.11. The Morgan fingerprint density at radius 2 is 1.94 bits per heavy atom. The lowest BCUT2D eigenvalue weighted by Gasteiger charge is -2.28. The molecule has 0 unspecified atom stereocenters. The number of hydrogen-bond donors (Lipinski definition) is 3. The maximum absolute atomic E-state index is 13.6. The van der Waals surface area contributed by atoms with Gasteiger partial charge in [0.05, 0.1) is 0 Å². The highest BCUT2D eigenvalue weighted by atomic mass is 32.1. The Morgan fingerprint density at radius 1 is 1.18 bits per heavy atom. The minimum Gasteiger partial charge on any atom is -0.370 e. The van der Waals surface area contributed by atoms with Crippen LogP contribution < -0.4 is 16.8 Å². The Bertz CT molecular complexity index is 918. The van der Waals surface area contributed by atoms with Crippen molar-refractivity contribution in [3.8, 4) is 0 Å². The van der Waals surface area contributed by atoms with Gasteiger partial charge in [0, 0.05) is 44.8 Å². The summed E-state index contributed by atoms with van der Waals surface area (Å²) in [6.07, 6.45) is 2.58. The van der Waals surface area contributed by atoms with Crippen LogP contribution in [0.5, 0.6) is 0 Å². The molecule has 0 aliphatic carbocycles. The van der Waals surface area contributed by atoms with E-state index in [-0.39, 0.29) is 23.9 Å². The second-order valence-corrected chi connectivity index (χ2v) is 8.94. The second-order valence-electron chi connectivity index (χ2n) is 8.58. The van der Waals surface area contributed by atoms with Crippen molar-refractivity contribution in [1.82, 2.24) is 15.1 Å². The van der Waals surface area contributed by atoms with Crippen LogP contribution in [0.1, 0.15) is 30.9 Å². The molecule has 1 saturated heterocycles. The smallest absolute Gasteiger partial charge is 0.185 e. The zero-order chi connectivity index (χ0) is 23.6. The molecule has 2 aromatic carbocycles. The van der Waals surface area contributed by atoms with E-state index in [1.54, 1.807) is 12.1 Å². The molecular formula is C25H35FN6S. The van der Waals surface area contributed by atoms with Gasteiger partial charge in [-0.1, -0.05) is 42.5 Å². The number of aliphatic imine (C=N–C) groups is 1. The third-order valence-electron chi connectivity index (χ3n) is 6.00. The minimum atomic E-state index is -0.204. The van der Waals surface area contributed by atoms with Crippen molar-refractivity contribution in [2.45, 2.75) is 44.8 Å². The van der Waals surface area contributed by atoms with Crippen molar-refractivity contribution in [3.05, 3.63) is 71.5 Å². The van der Waals surface area contributed by atoms with E-state index in [0.29, 0.717) is 6.54 Å². The summed E-state index contributed by atoms with van der Waals surface area (Å²) in [6, 6.07) is 17.7. The number of nitrogens with two attached hydrogens (primary N) is 2. The van der Waals surface area contributed by atoms with E-state index in [4.69, 9.17) is 23.7 Å². The van der Waals surface area contributed by atoms with Crippen molar-refractivity contribution in [1.29, 1.82) is 0 Å². The van der Waals surface area contributed by atoms with E-state index in [9.17, 15) is 4.39 Å². The molecule has 3 rings (SSSR count). The first-order valence-corrected chi connectivity index (χ1v) is 12.0. The molecule has 2 aromatic rings. The standard InChI is InChI=1S/C25H35FN6S/c1-19(16-29-17-21-7-3-2-4-8-21)32-18-23(11-6-13-30-24(27)28)31(25(32)33)14-12-20-9-5-10-22(26)15-20/h2-5,7-10,15,19,23,29H,6,11-14,16-18H2,1H3,(H4,27,28,30)/t19-,23-/m0/s1. The molecule has 6 nitrogen and oxygen atoms in total. The Balaban J connectivity index is 1.59. The van der Waals surface area contributed by atoms with Crippen LogP contribution in [0.15, 0.2) is 59.6 Å². The summed E-state index contributed by atoms with van der Waals surface area (Å²) in [5.41, 5.74) is 13.2. The Morgan fingerprint density at radius 3 is 2.67 bits per heavy atom. The van der Waals surface area contributed by atoms with Gasteiger partial charge in [0.25, 0.3) is 0 Å². The zero-order valence-electron chi connectivity index (χ0n) is 19.3. The SMILES string of the molecule is C[C@@H](CNCc1ccccc1)N1C[C@H](CCCN=C(N)N)N(CCc2cccc(F)c2)C1=S. The van der Waals surface area contributed by atoms with Crippen LogP contribution in [-0.4, -0.2) is 59.1 Å². The fourth-order valence-electron chi connectivity index (χ4n) is 4.23. The number of hydrogen-bond acceptors (Lipinski definition) is 3. The Hall–Kier alpha value is -2.71. The molecule has 0 radical (unpaired) electrons. The number of nitrogens with zero attached hydrogens (tertiary/aromatic N) is 3. The molecule has 2 atom stereocenters. The molecule has 1 aliphatic heterocycles. The van der Waals surface area contributed by atoms with Gasteiger partial charge in [0.15, 0.2) is 11.1 Å². The quantitative estimate of drug-likeness (QED) is 0.192. The van der Waals surface area contributed by atoms with Gasteiger partial charge in [0.1, 0.15) is 5.82 Å². The van der Waals surface area contributed by atoms with Crippen LogP contribution in [0, 0.1) is 5.82 Å². The summed E-state index contributed by atoms with van der Waals surface area (Å²) in [5, 5.41) is 4.42. The molecule has 0 amide bonds. The monoisotopic (exact) mass is 470 g/mol. The van der Waals surface area contributed by atoms with Crippen LogP contribution in [0.25, 0.3) is 0 Å². The molecule has 33 heavy (non-hydrogen) atoms. The fourth-order valence-corrected chi connectivity index (χ4v) is 4.72. The van der Waals surface area contributed by atoms with Gasteiger partial charge in [-0.2, -0.15) is 0 Å². The summed E-state index contributed by atoms with van der Waals surface area (Å²) in [6.45, 7) is 6.12. The summed E-state index contributed by atoms with van der Waals surface area (Å²) in [5.74, 6) is -0.0790. The van der Waals surface area contributed by atoms with Crippen LogP contribution >= 0.6 is 12.2 Å². The first-order valence-electron chi connectivity index (χ1n) is 11.6. The van der Waals surface area contributed by atoms with E-state index in [2.05, 4.69) is 51.3 Å².